The molecule has 11 rings (SSSR count). The van der Waals surface area contributed by atoms with Crippen molar-refractivity contribution in [1.82, 2.24) is 0 Å². The average molecular weight is 706 g/mol. The number of allylic oxidation sites excluding steroid dienone is 2. The van der Waals surface area contributed by atoms with Crippen LogP contribution in [0.15, 0.2) is 210 Å². The molecule has 55 heavy (non-hydrogen) atoms. The molecule has 2 unspecified atom stereocenters. The zero-order valence-corrected chi connectivity index (χ0v) is 30.0. The van der Waals surface area contributed by atoms with Gasteiger partial charge >= 0.3 is 0 Å². The van der Waals surface area contributed by atoms with Gasteiger partial charge in [0.25, 0.3) is 0 Å². The zero-order chi connectivity index (χ0) is 36.3. The quantitative estimate of drug-likeness (QED) is 0.172. The van der Waals surface area contributed by atoms with Crippen LogP contribution in [0, 0.1) is 0 Å². The molecule has 0 radical (unpaired) electrons. The van der Waals surface area contributed by atoms with Gasteiger partial charge in [-0.05, 0) is 98.8 Å². The van der Waals surface area contributed by atoms with E-state index in [4.69, 9.17) is 9.15 Å². The van der Waals surface area contributed by atoms with Gasteiger partial charge in [0.1, 0.15) is 23.0 Å². The van der Waals surface area contributed by atoms with Crippen LogP contribution in [0.3, 0.4) is 0 Å². The maximum atomic E-state index is 6.99. The monoisotopic (exact) mass is 705 g/mol. The molecule has 0 saturated heterocycles. The van der Waals surface area contributed by atoms with Crippen molar-refractivity contribution in [3.63, 3.8) is 0 Å². The molecule has 1 aromatic heterocycles. The molecular weight excluding hydrogens is 671 g/mol. The van der Waals surface area contributed by atoms with Crippen LogP contribution in [0.2, 0.25) is 0 Å². The molecule has 0 amide bonds. The van der Waals surface area contributed by atoms with E-state index < -0.39 is 0 Å². The third-order valence-electron chi connectivity index (χ3n) is 11.3. The van der Waals surface area contributed by atoms with E-state index in [2.05, 4.69) is 193 Å². The summed E-state index contributed by atoms with van der Waals surface area (Å²) in [5, 5.41) is 4.64. The van der Waals surface area contributed by atoms with E-state index >= 15 is 0 Å². The van der Waals surface area contributed by atoms with Gasteiger partial charge in [0.15, 0.2) is 0 Å². The van der Waals surface area contributed by atoms with Gasteiger partial charge < -0.3 is 14.1 Å². The molecule has 3 heteroatoms. The second-order valence-electron chi connectivity index (χ2n) is 14.4. The number of hydrogen-bond acceptors (Lipinski definition) is 3. The van der Waals surface area contributed by atoms with Gasteiger partial charge in [-0.3, -0.25) is 0 Å². The molecule has 0 fully saturated rings. The highest BCUT2D eigenvalue weighted by Gasteiger charge is 2.41. The van der Waals surface area contributed by atoms with Crippen molar-refractivity contribution in [3.05, 3.63) is 211 Å². The first kappa shape index (κ1) is 31.4. The molecule has 0 spiro atoms. The lowest BCUT2D eigenvalue weighted by molar-refractivity contribution is 0.264. The molecule has 3 nitrogen and oxygen atoms in total. The summed E-state index contributed by atoms with van der Waals surface area (Å²) in [4.78, 5) is 2.42. The minimum Gasteiger partial charge on any atom is -0.485 e. The van der Waals surface area contributed by atoms with Crippen LogP contribution in [-0.2, 0) is 0 Å². The molecule has 2 atom stereocenters. The maximum Gasteiger partial charge on any atom is 0.136 e. The summed E-state index contributed by atoms with van der Waals surface area (Å²) in [6, 6.07) is 64.8. The number of nitrogens with zero attached hydrogens (tertiary/aromatic N) is 1. The highest BCUT2D eigenvalue weighted by Crippen LogP contribution is 2.53. The number of anilines is 2. The van der Waals surface area contributed by atoms with E-state index in [0.717, 1.165) is 50.2 Å². The van der Waals surface area contributed by atoms with Crippen molar-refractivity contribution in [1.29, 1.82) is 0 Å². The van der Waals surface area contributed by atoms with Crippen molar-refractivity contribution in [2.24, 2.45) is 0 Å². The van der Waals surface area contributed by atoms with Gasteiger partial charge in [-0.15, -0.1) is 0 Å². The van der Waals surface area contributed by atoms with E-state index in [0.29, 0.717) is 0 Å². The maximum absolute atomic E-state index is 6.99. The smallest absolute Gasteiger partial charge is 0.136 e. The third-order valence-corrected chi connectivity index (χ3v) is 11.3. The summed E-state index contributed by atoms with van der Waals surface area (Å²) in [7, 11) is 0. The Morgan fingerprint density at radius 3 is 1.69 bits per heavy atom. The molecular formula is C52H35NO2. The number of hydrogen-bond donors (Lipinski definition) is 0. The van der Waals surface area contributed by atoms with Gasteiger partial charge in [0.2, 0.25) is 0 Å². The summed E-state index contributed by atoms with van der Waals surface area (Å²) in [5.74, 6) is 0.886. The molecule has 2 aliphatic rings. The lowest BCUT2D eigenvalue weighted by atomic mass is 9.83. The van der Waals surface area contributed by atoms with Gasteiger partial charge in [-0.25, -0.2) is 0 Å². The minimum atomic E-state index is -0.158. The van der Waals surface area contributed by atoms with Crippen LogP contribution in [0.25, 0.3) is 66.1 Å². The SMILES string of the molecule is C1=CC2Oc3cc(-c4cccc5oc6ccccc6c45)c4ccccc4c3C2C(N(c2ccc(-c3ccccc3)cc2)c2ccc(-c3ccccc3)cc2)=C1. The zero-order valence-electron chi connectivity index (χ0n) is 30.0. The normalized spacial score (nSPS) is 15.8. The first-order valence-corrected chi connectivity index (χ1v) is 18.9. The highest BCUT2D eigenvalue weighted by molar-refractivity contribution is 6.16. The Morgan fingerprint density at radius 2 is 1.02 bits per heavy atom. The summed E-state index contributed by atoms with van der Waals surface area (Å²) in [5.41, 5.74) is 13.4. The largest absolute Gasteiger partial charge is 0.485 e. The third kappa shape index (κ3) is 5.20. The van der Waals surface area contributed by atoms with Crippen LogP contribution >= 0.6 is 0 Å². The molecule has 0 N–H and O–H groups in total. The lowest BCUT2D eigenvalue weighted by Crippen LogP contribution is -2.29. The topological polar surface area (TPSA) is 25.6 Å². The Morgan fingerprint density at radius 1 is 0.455 bits per heavy atom. The summed E-state index contributed by atoms with van der Waals surface area (Å²) >= 11 is 0. The van der Waals surface area contributed by atoms with E-state index in [1.807, 2.05) is 12.1 Å². The van der Waals surface area contributed by atoms with Gasteiger partial charge in [0.05, 0.1) is 5.92 Å². The molecule has 8 aromatic carbocycles. The summed E-state index contributed by atoms with van der Waals surface area (Å²) in [6.45, 7) is 0. The predicted molar refractivity (Wildman–Crippen MR) is 227 cm³/mol. The summed E-state index contributed by atoms with van der Waals surface area (Å²) in [6.07, 6.45) is 6.49. The van der Waals surface area contributed by atoms with Crippen LogP contribution < -0.4 is 9.64 Å². The Labute approximate surface area is 319 Å². The number of furan rings is 1. The first-order valence-electron chi connectivity index (χ1n) is 18.9. The molecule has 2 heterocycles. The van der Waals surface area contributed by atoms with Crippen molar-refractivity contribution in [2.45, 2.75) is 12.0 Å². The number of ether oxygens (including phenoxy) is 1. The molecule has 0 saturated carbocycles. The van der Waals surface area contributed by atoms with E-state index in [1.54, 1.807) is 0 Å². The fourth-order valence-electron chi connectivity index (χ4n) is 8.75. The van der Waals surface area contributed by atoms with Gasteiger partial charge in [0, 0.05) is 33.4 Å². The average Bonchev–Trinajstić information content (AvgIpc) is 3.84. The number of rotatable bonds is 6. The Kier molecular flexibility index (Phi) is 7.31. The predicted octanol–water partition coefficient (Wildman–Crippen LogP) is 13.9. The Balaban J connectivity index is 1.07. The number of benzene rings is 8. The molecule has 260 valence electrons. The molecule has 0 bridgehead atoms. The molecule has 1 aliphatic heterocycles. The lowest BCUT2D eigenvalue weighted by Gasteiger charge is -2.34. The minimum absolute atomic E-state index is 0.0351. The van der Waals surface area contributed by atoms with Crippen LogP contribution in [0.4, 0.5) is 11.4 Å². The van der Waals surface area contributed by atoms with Gasteiger partial charge in [-0.2, -0.15) is 0 Å². The van der Waals surface area contributed by atoms with Crippen molar-refractivity contribution >= 4 is 44.1 Å². The molecule has 1 aliphatic carbocycles. The second kappa shape index (κ2) is 12.8. The van der Waals surface area contributed by atoms with Crippen LogP contribution in [0.5, 0.6) is 5.75 Å². The van der Waals surface area contributed by atoms with E-state index in [1.165, 1.54) is 44.3 Å². The van der Waals surface area contributed by atoms with Gasteiger partial charge in [-0.1, -0.05) is 146 Å². The Bertz CT molecular complexity index is 2860. The second-order valence-corrected chi connectivity index (χ2v) is 14.4. The van der Waals surface area contributed by atoms with Crippen LogP contribution in [-0.4, -0.2) is 6.10 Å². The fourth-order valence-corrected chi connectivity index (χ4v) is 8.75. The van der Waals surface area contributed by atoms with E-state index in [9.17, 15) is 0 Å². The van der Waals surface area contributed by atoms with Crippen molar-refractivity contribution in [3.8, 4) is 39.1 Å². The van der Waals surface area contributed by atoms with Crippen molar-refractivity contribution in [2.75, 3.05) is 4.90 Å². The van der Waals surface area contributed by atoms with Crippen molar-refractivity contribution < 1.29 is 9.15 Å². The fraction of sp³-hybridized carbons (Fsp3) is 0.0385. The van der Waals surface area contributed by atoms with E-state index in [-0.39, 0.29) is 12.0 Å². The van der Waals surface area contributed by atoms with Crippen LogP contribution in [0.1, 0.15) is 11.5 Å². The highest BCUT2D eigenvalue weighted by atomic mass is 16.5. The first-order chi connectivity index (χ1) is 27.3. The standard InChI is InChI=1S/C52H35NO2/c1-3-13-34(14-4-1)36-25-29-38(30-26-36)53(39-31-27-37(28-32-39)35-15-5-2-6-16-35)45-21-12-24-48-52(45)51-41-18-8-7-17-40(41)44(33-49(51)55-48)42-20-11-23-47-50(42)43-19-9-10-22-46(43)54-47/h1-33,48,52H. The number of para-hydroxylation sites is 1. The number of fused-ring (bicyclic) bond motifs is 8. The molecule has 9 aromatic rings. The summed E-state index contributed by atoms with van der Waals surface area (Å²) < 4.78 is 13.3. The Hall–Kier alpha value is -7.10.